The molecule has 1 atom stereocenters. The zero-order valence-corrected chi connectivity index (χ0v) is 15.1. The van der Waals surface area contributed by atoms with Crippen LogP contribution in [0.2, 0.25) is 0 Å². The standard InChI is InChI=1S/C19H23N5O2/c1-12-7-6-8-14(11-12)17-16(13(2)20-19-21-22-23-24(17)19)18(25)26-15-9-4-3-5-10-15/h6-8,11,15,17H,3-5,9-10H2,1-2H3,(H,20,21,23)/t17-/m0/s1. The van der Waals surface area contributed by atoms with Crippen molar-refractivity contribution < 1.29 is 9.53 Å². The summed E-state index contributed by atoms with van der Waals surface area (Å²) in [5.41, 5.74) is 3.39. The second kappa shape index (κ2) is 6.90. The van der Waals surface area contributed by atoms with Crippen molar-refractivity contribution in [3.8, 4) is 0 Å². The summed E-state index contributed by atoms with van der Waals surface area (Å²) in [6, 6.07) is 7.67. The van der Waals surface area contributed by atoms with Gasteiger partial charge in [-0.25, -0.2) is 4.79 Å². The van der Waals surface area contributed by atoms with Crippen LogP contribution in [0.3, 0.4) is 0 Å². The highest BCUT2D eigenvalue weighted by Crippen LogP contribution is 2.35. The maximum atomic E-state index is 13.1. The second-order valence-electron chi connectivity index (χ2n) is 7.09. The van der Waals surface area contributed by atoms with Crippen molar-refractivity contribution in [3.63, 3.8) is 0 Å². The molecule has 4 rings (SSSR count). The fourth-order valence-electron chi connectivity index (χ4n) is 3.82. The average Bonchev–Trinajstić information content (AvgIpc) is 3.09. The van der Waals surface area contributed by atoms with E-state index in [9.17, 15) is 4.79 Å². The van der Waals surface area contributed by atoms with Gasteiger partial charge in [0, 0.05) is 5.70 Å². The largest absolute Gasteiger partial charge is 0.459 e. The molecule has 0 bridgehead atoms. The minimum atomic E-state index is -0.391. The molecule has 2 heterocycles. The van der Waals surface area contributed by atoms with Gasteiger partial charge in [-0.2, -0.15) is 4.68 Å². The first-order valence-corrected chi connectivity index (χ1v) is 9.16. The van der Waals surface area contributed by atoms with E-state index in [4.69, 9.17) is 4.74 Å². The van der Waals surface area contributed by atoms with Gasteiger partial charge in [0.05, 0.1) is 5.57 Å². The highest BCUT2D eigenvalue weighted by molar-refractivity contribution is 5.92. The molecule has 7 heteroatoms. The Bertz CT molecular complexity index is 851. The Morgan fingerprint density at radius 2 is 2.04 bits per heavy atom. The molecule has 2 aromatic rings. The Morgan fingerprint density at radius 1 is 1.23 bits per heavy atom. The Kier molecular flexibility index (Phi) is 4.44. The molecule has 1 aliphatic heterocycles. The van der Waals surface area contributed by atoms with E-state index < -0.39 is 6.04 Å². The third kappa shape index (κ3) is 3.09. The van der Waals surface area contributed by atoms with Gasteiger partial charge in [0.25, 0.3) is 0 Å². The number of anilines is 1. The van der Waals surface area contributed by atoms with Crippen LogP contribution in [0, 0.1) is 6.92 Å². The third-order valence-electron chi connectivity index (χ3n) is 5.12. The molecule has 0 spiro atoms. The van der Waals surface area contributed by atoms with Crippen molar-refractivity contribution in [2.24, 2.45) is 0 Å². The van der Waals surface area contributed by atoms with Crippen LogP contribution in [0.1, 0.15) is 56.2 Å². The van der Waals surface area contributed by atoms with Crippen LogP contribution < -0.4 is 5.32 Å². The fourth-order valence-corrected chi connectivity index (χ4v) is 3.82. The van der Waals surface area contributed by atoms with Crippen LogP contribution in [0.5, 0.6) is 0 Å². The smallest absolute Gasteiger partial charge is 0.338 e. The molecule has 0 saturated heterocycles. The Balaban J connectivity index is 1.71. The molecule has 1 saturated carbocycles. The number of rotatable bonds is 3. The van der Waals surface area contributed by atoms with Gasteiger partial charge in [-0.15, -0.1) is 0 Å². The molecule has 2 aliphatic rings. The third-order valence-corrected chi connectivity index (χ3v) is 5.12. The second-order valence-corrected chi connectivity index (χ2v) is 7.09. The van der Waals surface area contributed by atoms with Gasteiger partial charge in [0.1, 0.15) is 12.1 Å². The summed E-state index contributed by atoms with van der Waals surface area (Å²) in [7, 11) is 0. The predicted molar refractivity (Wildman–Crippen MR) is 96.4 cm³/mol. The lowest BCUT2D eigenvalue weighted by molar-refractivity contribution is -0.146. The molecule has 1 aromatic heterocycles. The van der Waals surface area contributed by atoms with Crippen molar-refractivity contribution in [3.05, 3.63) is 46.7 Å². The molecule has 1 fully saturated rings. The number of aryl methyl sites for hydroxylation is 1. The van der Waals surface area contributed by atoms with Crippen molar-refractivity contribution in [1.82, 2.24) is 20.2 Å². The number of ether oxygens (including phenoxy) is 1. The van der Waals surface area contributed by atoms with Crippen molar-refractivity contribution in [2.75, 3.05) is 5.32 Å². The number of esters is 1. The Morgan fingerprint density at radius 3 is 2.81 bits per heavy atom. The number of nitrogens with zero attached hydrogens (tertiary/aromatic N) is 4. The monoisotopic (exact) mass is 353 g/mol. The lowest BCUT2D eigenvalue weighted by Crippen LogP contribution is -2.32. The molecule has 7 nitrogen and oxygen atoms in total. The summed E-state index contributed by atoms with van der Waals surface area (Å²) in [4.78, 5) is 13.1. The minimum Gasteiger partial charge on any atom is -0.459 e. The highest BCUT2D eigenvalue weighted by Gasteiger charge is 2.36. The first kappa shape index (κ1) is 16.8. The number of allylic oxidation sites excluding steroid dienone is 1. The van der Waals surface area contributed by atoms with E-state index in [0.29, 0.717) is 11.5 Å². The molecule has 0 amide bonds. The fraction of sp³-hybridized carbons (Fsp3) is 0.474. The lowest BCUT2D eigenvalue weighted by atomic mass is 9.94. The number of tetrazole rings is 1. The van der Waals surface area contributed by atoms with Gasteiger partial charge in [-0.05, 0) is 55.5 Å². The molecule has 0 radical (unpaired) electrons. The van der Waals surface area contributed by atoms with Crippen LogP contribution in [-0.4, -0.2) is 32.3 Å². The number of hydrogen-bond acceptors (Lipinski definition) is 6. The Labute approximate surface area is 152 Å². The summed E-state index contributed by atoms with van der Waals surface area (Å²) < 4.78 is 7.51. The first-order chi connectivity index (χ1) is 12.6. The number of benzene rings is 1. The average molecular weight is 353 g/mol. The predicted octanol–water partition coefficient (Wildman–Crippen LogP) is 3.15. The van der Waals surface area contributed by atoms with Gasteiger partial charge in [0.2, 0.25) is 5.95 Å². The van der Waals surface area contributed by atoms with Crippen LogP contribution in [0.4, 0.5) is 5.95 Å². The molecule has 26 heavy (non-hydrogen) atoms. The van der Waals surface area contributed by atoms with Gasteiger partial charge < -0.3 is 10.1 Å². The van der Waals surface area contributed by atoms with E-state index >= 15 is 0 Å². The van der Waals surface area contributed by atoms with Gasteiger partial charge >= 0.3 is 5.97 Å². The van der Waals surface area contributed by atoms with Gasteiger partial charge in [-0.1, -0.05) is 41.3 Å². The quantitative estimate of drug-likeness (QED) is 0.854. The van der Waals surface area contributed by atoms with E-state index in [0.717, 1.165) is 42.5 Å². The molecule has 136 valence electrons. The van der Waals surface area contributed by atoms with Gasteiger partial charge in [0.15, 0.2) is 0 Å². The van der Waals surface area contributed by atoms with E-state index in [1.54, 1.807) is 4.68 Å². The number of carbonyl (C=O) groups excluding carboxylic acids is 1. The van der Waals surface area contributed by atoms with Crippen molar-refractivity contribution >= 4 is 11.9 Å². The van der Waals surface area contributed by atoms with E-state index in [1.807, 2.05) is 32.0 Å². The first-order valence-electron chi connectivity index (χ1n) is 9.16. The number of fused-ring (bicyclic) bond motifs is 1. The molecule has 1 aliphatic carbocycles. The topological polar surface area (TPSA) is 81.9 Å². The van der Waals surface area contributed by atoms with Crippen molar-refractivity contribution in [2.45, 2.75) is 58.1 Å². The summed E-state index contributed by atoms with van der Waals surface area (Å²) in [5.74, 6) is 0.248. The van der Waals surface area contributed by atoms with E-state index in [2.05, 4.69) is 26.9 Å². The van der Waals surface area contributed by atoms with Crippen LogP contribution >= 0.6 is 0 Å². The maximum Gasteiger partial charge on any atom is 0.338 e. The zero-order chi connectivity index (χ0) is 18.1. The minimum absolute atomic E-state index is 0.00461. The number of nitrogens with one attached hydrogen (secondary N) is 1. The van der Waals surface area contributed by atoms with Crippen LogP contribution in [0.25, 0.3) is 0 Å². The maximum absolute atomic E-state index is 13.1. The molecular weight excluding hydrogens is 330 g/mol. The van der Waals surface area contributed by atoms with Crippen LogP contribution in [0.15, 0.2) is 35.5 Å². The van der Waals surface area contributed by atoms with Crippen LogP contribution in [-0.2, 0) is 9.53 Å². The summed E-state index contributed by atoms with van der Waals surface area (Å²) in [6.45, 7) is 3.90. The molecule has 1 aromatic carbocycles. The SMILES string of the molecule is CC1=C(C(=O)OC2CCCCC2)[C@H](c2cccc(C)c2)n2nnnc2N1. The molecule has 0 unspecified atom stereocenters. The number of aromatic nitrogens is 4. The molecular formula is C19H23N5O2. The number of hydrogen-bond donors (Lipinski definition) is 1. The summed E-state index contributed by atoms with van der Waals surface area (Å²) in [6.07, 6.45) is 5.34. The highest BCUT2D eigenvalue weighted by atomic mass is 16.5. The van der Waals surface area contributed by atoms with E-state index in [-0.39, 0.29) is 12.1 Å². The molecule has 1 N–H and O–H groups in total. The van der Waals surface area contributed by atoms with Gasteiger partial charge in [-0.3, -0.25) is 0 Å². The summed E-state index contributed by atoms with van der Waals surface area (Å²) >= 11 is 0. The van der Waals surface area contributed by atoms with E-state index in [1.165, 1.54) is 6.42 Å². The summed E-state index contributed by atoms with van der Waals surface area (Å²) in [5, 5.41) is 15.0. The normalized spacial score (nSPS) is 20.5. The van der Waals surface area contributed by atoms with Crippen molar-refractivity contribution in [1.29, 1.82) is 0 Å². The zero-order valence-electron chi connectivity index (χ0n) is 15.1. The number of carbonyl (C=O) groups is 1. The Hall–Kier alpha value is -2.70. The lowest BCUT2D eigenvalue weighted by Gasteiger charge is -2.29.